The molecule has 0 saturated heterocycles. The summed E-state index contributed by atoms with van der Waals surface area (Å²) in [5.74, 6) is -0.945. The number of nitrogens with zero attached hydrogens (tertiary/aromatic N) is 1. The van der Waals surface area contributed by atoms with Gasteiger partial charge in [0.2, 0.25) is 5.91 Å². The Hall–Kier alpha value is -2.58. The van der Waals surface area contributed by atoms with Gasteiger partial charge in [0.05, 0.1) is 13.4 Å². The Morgan fingerprint density at radius 1 is 1.33 bits per heavy atom. The molecule has 9 heteroatoms. The number of nitrogens with one attached hydrogen (secondary N) is 3. The summed E-state index contributed by atoms with van der Waals surface area (Å²) in [6.45, 7) is 5.33. The smallest absolute Gasteiger partial charge is 0.407 e. The van der Waals surface area contributed by atoms with Crippen LogP contribution in [0.1, 0.15) is 32.9 Å². The van der Waals surface area contributed by atoms with Gasteiger partial charge in [0.15, 0.2) is 0 Å². The van der Waals surface area contributed by atoms with Crippen molar-refractivity contribution in [3.05, 3.63) is 18.2 Å². The molecule has 0 aliphatic rings. The van der Waals surface area contributed by atoms with Gasteiger partial charge in [-0.25, -0.2) is 14.6 Å². The van der Waals surface area contributed by atoms with Crippen molar-refractivity contribution in [3.63, 3.8) is 0 Å². The Bertz CT molecular complexity index is 551. The molecule has 0 aromatic carbocycles. The average Bonchev–Trinajstić information content (AvgIpc) is 2.96. The Labute approximate surface area is 140 Å². The van der Waals surface area contributed by atoms with Gasteiger partial charge in [0, 0.05) is 31.3 Å². The van der Waals surface area contributed by atoms with E-state index >= 15 is 0 Å². The summed E-state index contributed by atoms with van der Waals surface area (Å²) in [7, 11) is 1.25. The van der Waals surface area contributed by atoms with Gasteiger partial charge in [-0.3, -0.25) is 4.79 Å². The number of hydrogen-bond donors (Lipinski definition) is 3. The first-order chi connectivity index (χ1) is 11.2. The van der Waals surface area contributed by atoms with E-state index in [-0.39, 0.29) is 25.3 Å². The third-order valence-electron chi connectivity index (χ3n) is 2.82. The number of esters is 1. The van der Waals surface area contributed by atoms with Gasteiger partial charge in [-0.15, -0.1) is 0 Å². The van der Waals surface area contributed by atoms with Crippen LogP contribution in [0.25, 0.3) is 0 Å². The second kappa shape index (κ2) is 8.90. The Balaban J connectivity index is 2.42. The lowest BCUT2D eigenvalue weighted by molar-refractivity contribution is -0.145. The first kappa shape index (κ1) is 19.5. The number of aromatic amines is 1. The zero-order valence-corrected chi connectivity index (χ0v) is 14.3. The van der Waals surface area contributed by atoms with Crippen molar-refractivity contribution in [2.75, 3.05) is 13.7 Å². The second-order valence-electron chi connectivity index (χ2n) is 6.10. The van der Waals surface area contributed by atoms with Gasteiger partial charge in [-0.05, 0) is 20.8 Å². The van der Waals surface area contributed by atoms with Crippen LogP contribution in [0.15, 0.2) is 12.5 Å². The summed E-state index contributed by atoms with van der Waals surface area (Å²) < 4.78 is 9.74. The molecule has 3 N–H and O–H groups in total. The highest BCUT2D eigenvalue weighted by Crippen LogP contribution is 2.06. The molecule has 2 amide bonds. The number of methoxy groups -OCH3 is 1. The lowest BCUT2D eigenvalue weighted by Crippen LogP contribution is -2.44. The largest absolute Gasteiger partial charge is 0.467 e. The molecule has 0 spiro atoms. The molecule has 0 radical (unpaired) electrons. The minimum Gasteiger partial charge on any atom is -0.467 e. The molecule has 24 heavy (non-hydrogen) atoms. The van der Waals surface area contributed by atoms with Gasteiger partial charge < -0.3 is 25.1 Å². The van der Waals surface area contributed by atoms with Crippen LogP contribution in [0.4, 0.5) is 4.79 Å². The summed E-state index contributed by atoms with van der Waals surface area (Å²) in [4.78, 5) is 41.9. The van der Waals surface area contributed by atoms with Gasteiger partial charge in [0.1, 0.15) is 11.6 Å². The van der Waals surface area contributed by atoms with E-state index in [0.29, 0.717) is 5.69 Å². The summed E-state index contributed by atoms with van der Waals surface area (Å²) >= 11 is 0. The zero-order valence-electron chi connectivity index (χ0n) is 14.3. The number of alkyl carbamates (subject to hydrolysis) is 1. The molecule has 1 aromatic heterocycles. The maximum atomic E-state index is 11.9. The molecule has 0 bridgehead atoms. The summed E-state index contributed by atoms with van der Waals surface area (Å²) in [5.41, 5.74) is 0.0874. The number of rotatable bonds is 7. The van der Waals surface area contributed by atoms with E-state index in [0.717, 1.165) is 0 Å². The predicted octanol–water partition coefficient (Wildman–Crippen LogP) is 0.525. The first-order valence-electron chi connectivity index (χ1n) is 7.52. The SMILES string of the molecule is COC(=O)[C@H](Cc1cnc[nH]1)NC(=O)CCNC(=O)OC(C)(C)C. The molecule has 0 aliphatic heterocycles. The molecule has 0 aliphatic carbocycles. The molecule has 0 unspecified atom stereocenters. The number of carbonyl (C=O) groups is 3. The van der Waals surface area contributed by atoms with Gasteiger partial charge in [0.25, 0.3) is 0 Å². The lowest BCUT2D eigenvalue weighted by Gasteiger charge is -2.20. The fraction of sp³-hybridized carbons (Fsp3) is 0.600. The quantitative estimate of drug-likeness (QED) is 0.622. The van der Waals surface area contributed by atoms with Gasteiger partial charge >= 0.3 is 12.1 Å². The van der Waals surface area contributed by atoms with Crippen LogP contribution in [0.2, 0.25) is 0 Å². The minimum absolute atomic E-state index is 0.00964. The van der Waals surface area contributed by atoms with Gasteiger partial charge in [-0.1, -0.05) is 0 Å². The minimum atomic E-state index is -0.829. The van der Waals surface area contributed by atoms with Crippen LogP contribution in [0.3, 0.4) is 0 Å². The molecule has 1 atom stereocenters. The van der Waals surface area contributed by atoms with Crippen molar-refractivity contribution >= 4 is 18.0 Å². The second-order valence-corrected chi connectivity index (χ2v) is 6.10. The fourth-order valence-corrected chi connectivity index (χ4v) is 1.81. The van der Waals surface area contributed by atoms with Crippen molar-refractivity contribution in [2.24, 2.45) is 0 Å². The van der Waals surface area contributed by atoms with Crippen LogP contribution < -0.4 is 10.6 Å². The third-order valence-corrected chi connectivity index (χ3v) is 2.82. The van der Waals surface area contributed by atoms with E-state index in [9.17, 15) is 14.4 Å². The number of ether oxygens (including phenoxy) is 2. The number of amides is 2. The highest BCUT2D eigenvalue weighted by Gasteiger charge is 2.22. The molecule has 9 nitrogen and oxygen atoms in total. The maximum absolute atomic E-state index is 11.9. The topological polar surface area (TPSA) is 122 Å². The molecule has 134 valence electrons. The van der Waals surface area contributed by atoms with Crippen LogP contribution >= 0.6 is 0 Å². The zero-order chi connectivity index (χ0) is 18.2. The average molecular weight is 340 g/mol. The standard InChI is InChI=1S/C15H24N4O5/c1-15(2,3)24-14(22)17-6-5-12(20)19-11(13(21)23-4)7-10-8-16-9-18-10/h8-9,11H,5-7H2,1-4H3,(H,16,18)(H,17,22)(H,19,20)/t11-/m0/s1. The van der Waals surface area contributed by atoms with E-state index in [1.54, 1.807) is 27.0 Å². The van der Waals surface area contributed by atoms with Crippen molar-refractivity contribution in [1.29, 1.82) is 0 Å². The Kier molecular flexibility index (Phi) is 7.22. The van der Waals surface area contributed by atoms with E-state index < -0.39 is 23.7 Å². The summed E-state index contributed by atoms with van der Waals surface area (Å²) in [6, 6.07) is -0.829. The molecule has 0 fully saturated rings. The van der Waals surface area contributed by atoms with Crippen LogP contribution in [0.5, 0.6) is 0 Å². The van der Waals surface area contributed by atoms with Crippen molar-refractivity contribution in [1.82, 2.24) is 20.6 Å². The number of hydrogen-bond acceptors (Lipinski definition) is 6. The number of aromatic nitrogens is 2. The van der Waals surface area contributed by atoms with Crippen LogP contribution in [-0.4, -0.2) is 53.2 Å². The number of H-pyrrole nitrogens is 1. The highest BCUT2D eigenvalue weighted by atomic mass is 16.6. The first-order valence-corrected chi connectivity index (χ1v) is 7.52. The summed E-state index contributed by atoms with van der Waals surface area (Å²) in [5, 5.41) is 5.05. The van der Waals surface area contributed by atoms with Gasteiger partial charge in [-0.2, -0.15) is 0 Å². The molecule has 1 aromatic rings. The number of imidazole rings is 1. The van der Waals surface area contributed by atoms with Crippen LogP contribution in [-0.2, 0) is 25.5 Å². The fourth-order valence-electron chi connectivity index (χ4n) is 1.81. The molecule has 1 rings (SSSR count). The Morgan fingerprint density at radius 3 is 2.58 bits per heavy atom. The predicted molar refractivity (Wildman–Crippen MR) is 85.1 cm³/mol. The number of carbonyl (C=O) groups excluding carboxylic acids is 3. The monoisotopic (exact) mass is 340 g/mol. The van der Waals surface area contributed by atoms with Crippen molar-refractivity contribution in [2.45, 2.75) is 45.3 Å². The van der Waals surface area contributed by atoms with Crippen LogP contribution in [0, 0.1) is 0 Å². The molecular weight excluding hydrogens is 316 g/mol. The lowest BCUT2D eigenvalue weighted by atomic mass is 10.1. The van der Waals surface area contributed by atoms with E-state index in [1.165, 1.54) is 13.4 Å². The van der Waals surface area contributed by atoms with Crippen molar-refractivity contribution in [3.8, 4) is 0 Å². The normalized spacial score (nSPS) is 12.2. The Morgan fingerprint density at radius 2 is 2.04 bits per heavy atom. The molecule has 0 saturated carbocycles. The molecular formula is C15H24N4O5. The highest BCUT2D eigenvalue weighted by molar-refractivity contribution is 5.84. The van der Waals surface area contributed by atoms with E-state index in [1.807, 2.05) is 0 Å². The molecule has 1 heterocycles. The third kappa shape index (κ3) is 7.61. The van der Waals surface area contributed by atoms with E-state index in [2.05, 4.69) is 25.3 Å². The summed E-state index contributed by atoms with van der Waals surface area (Å²) in [6.07, 6.45) is 2.69. The van der Waals surface area contributed by atoms with Crippen molar-refractivity contribution < 1.29 is 23.9 Å². The van der Waals surface area contributed by atoms with E-state index in [4.69, 9.17) is 4.74 Å². The maximum Gasteiger partial charge on any atom is 0.407 e.